The molecular formula is C39H48F2N8O4. The molecule has 14 heteroatoms. The van der Waals surface area contributed by atoms with Crippen molar-refractivity contribution in [2.75, 3.05) is 26.2 Å². The molecule has 3 amide bonds. The number of nitrogens with one attached hydrogen (secondary N) is 3. The van der Waals surface area contributed by atoms with Crippen molar-refractivity contribution >= 4 is 17.9 Å². The Morgan fingerprint density at radius 2 is 1.30 bits per heavy atom. The van der Waals surface area contributed by atoms with E-state index in [-0.39, 0.29) is 35.4 Å². The Morgan fingerprint density at radius 3 is 1.72 bits per heavy atom. The highest BCUT2D eigenvalue weighted by Gasteiger charge is 2.38. The Bertz CT molecular complexity index is 1960. The Hall–Kier alpha value is -5.11. The zero-order valence-corrected chi connectivity index (χ0v) is 30.8. The lowest BCUT2D eigenvalue weighted by molar-refractivity contribution is -0.137. The summed E-state index contributed by atoms with van der Waals surface area (Å²) in [6, 6.07) is 7.66. The molecule has 0 saturated carbocycles. The van der Waals surface area contributed by atoms with Crippen LogP contribution in [0.1, 0.15) is 84.0 Å². The minimum Gasteiger partial charge on any atom is -0.465 e. The molecule has 2 saturated heterocycles. The molecule has 2 aliphatic heterocycles. The zero-order valence-electron chi connectivity index (χ0n) is 30.8. The van der Waals surface area contributed by atoms with Crippen molar-refractivity contribution in [3.8, 4) is 33.6 Å². The first-order valence-electron chi connectivity index (χ1n) is 18.5. The van der Waals surface area contributed by atoms with E-state index in [1.807, 2.05) is 25.7 Å². The largest absolute Gasteiger partial charge is 0.465 e. The van der Waals surface area contributed by atoms with Gasteiger partial charge >= 0.3 is 6.09 Å². The maximum absolute atomic E-state index is 15.6. The highest BCUT2D eigenvalue weighted by Crippen LogP contribution is 2.36. The van der Waals surface area contributed by atoms with Crippen LogP contribution in [0.3, 0.4) is 0 Å². The van der Waals surface area contributed by atoms with Crippen molar-refractivity contribution in [3.63, 3.8) is 0 Å². The van der Waals surface area contributed by atoms with Gasteiger partial charge in [-0.3, -0.25) is 14.5 Å². The van der Waals surface area contributed by atoms with Crippen LogP contribution in [-0.2, 0) is 9.59 Å². The highest BCUT2D eigenvalue weighted by atomic mass is 19.1. The molecule has 4 atom stereocenters. The number of aromatic amines is 2. The summed E-state index contributed by atoms with van der Waals surface area (Å²) in [6.45, 7) is 12.3. The van der Waals surface area contributed by atoms with Crippen LogP contribution in [0.25, 0.3) is 33.6 Å². The molecule has 53 heavy (non-hydrogen) atoms. The van der Waals surface area contributed by atoms with Gasteiger partial charge in [-0.1, -0.05) is 39.8 Å². The standard InChI is InChI=1S/C39H48F2N8O4/c1-6-47(7-2)23(5)37(50)48-16-8-10-32(48)35-42-20-30(44-35)26-14-12-24(18-28(26)40)25-13-15-27(29(41)19-25)31-21-43-36(45-31)33-11-9-17-49(33)38(51)34(22(3)4)46-39(52)53/h12-15,18-23,32-34,46H,6-11,16-17H2,1-5H3,(H,42,44)(H,43,45)(H,52,53)/t23-,32+,33+,34+/m1/s1. The SMILES string of the molecule is CCN(CC)[C@H](C)C(=O)N1CCC[C@H]1c1ncc(-c2ccc(-c3ccc(-c4cnc([C@@H]5CCCN5C(=O)[C@@H](NC(=O)O)C(C)C)[nH]4)c(F)c3)cc2F)[nH]1. The number of carbonyl (C=O) groups is 3. The molecule has 2 fully saturated rings. The Balaban J connectivity index is 1.16. The number of hydrogen-bond acceptors (Lipinski definition) is 6. The number of benzene rings is 2. The van der Waals surface area contributed by atoms with Crippen LogP contribution < -0.4 is 5.32 Å². The van der Waals surface area contributed by atoms with Gasteiger partial charge in [0.2, 0.25) is 11.8 Å². The van der Waals surface area contributed by atoms with Crippen LogP contribution in [0.5, 0.6) is 0 Å². The summed E-state index contributed by atoms with van der Waals surface area (Å²) < 4.78 is 31.3. The van der Waals surface area contributed by atoms with Crippen LogP contribution in [0.15, 0.2) is 48.8 Å². The number of likely N-dealkylation sites (N-methyl/N-ethyl adjacent to an activating group) is 1. The van der Waals surface area contributed by atoms with Crippen molar-refractivity contribution < 1.29 is 28.3 Å². The molecule has 0 aliphatic carbocycles. The third-order valence-electron chi connectivity index (χ3n) is 10.7. The monoisotopic (exact) mass is 730 g/mol. The van der Waals surface area contributed by atoms with Gasteiger partial charge in [-0.15, -0.1) is 0 Å². The number of carboxylic acid groups (broad SMARTS) is 1. The lowest BCUT2D eigenvalue weighted by Gasteiger charge is -2.31. The summed E-state index contributed by atoms with van der Waals surface area (Å²) in [7, 11) is 0. The predicted molar refractivity (Wildman–Crippen MR) is 197 cm³/mol. The molecule has 12 nitrogen and oxygen atoms in total. The molecule has 0 bridgehead atoms. The van der Waals surface area contributed by atoms with Crippen molar-refractivity contribution in [1.29, 1.82) is 0 Å². The van der Waals surface area contributed by atoms with Crippen molar-refractivity contribution in [2.24, 2.45) is 5.92 Å². The summed E-state index contributed by atoms with van der Waals surface area (Å²) in [5, 5.41) is 11.6. The highest BCUT2D eigenvalue weighted by molar-refractivity contribution is 5.86. The number of halogens is 2. The molecule has 0 radical (unpaired) electrons. The molecule has 4 heterocycles. The van der Waals surface area contributed by atoms with Crippen molar-refractivity contribution in [1.82, 2.24) is 40.0 Å². The number of hydrogen-bond donors (Lipinski definition) is 4. The van der Waals surface area contributed by atoms with Gasteiger partial charge in [0, 0.05) is 24.2 Å². The molecule has 0 spiro atoms. The third-order valence-corrected chi connectivity index (χ3v) is 10.7. The topological polar surface area (TPSA) is 151 Å². The van der Waals surface area contributed by atoms with Crippen molar-refractivity contribution in [2.45, 2.75) is 84.5 Å². The first-order valence-corrected chi connectivity index (χ1v) is 18.5. The van der Waals surface area contributed by atoms with Crippen LogP contribution >= 0.6 is 0 Å². The molecule has 2 aromatic carbocycles. The average molecular weight is 731 g/mol. The number of carbonyl (C=O) groups excluding carboxylic acids is 2. The van der Waals surface area contributed by atoms with Gasteiger partial charge in [-0.25, -0.2) is 23.5 Å². The summed E-state index contributed by atoms with van der Waals surface area (Å²) in [5.74, 6) is -0.412. The smallest absolute Gasteiger partial charge is 0.405 e. The molecule has 4 aromatic rings. The van der Waals surface area contributed by atoms with E-state index in [0.717, 1.165) is 32.4 Å². The molecule has 282 valence electrons. The summed E-state index contributed by atoms with van der Waals surface area (Å²) in [4.78, 5) is 59.1. The fraction of sp³-hybridized carbons (Fsp3) is 0.462. The minimum absolute atomic E-state index is 0.0652. The third kappa shape index (κ3) is 7.68. The summed E-state index contributed by atoms with van der Waals surface area (Å²) in [5.41, 5.74) is 2.49. The van der Waals surface area contributed by atoms with Gasteiger partial charge in [0.05, 0.1) is 41.9 Å². The first-order chi connectivity index (χ1) is 25.4. The van der Waals surface area contributed by atoms with Crippen molar-refractivity contribution in [3.05, 3.63) is 72.1 Å². The van der Waals surface area contributed by atoms with E-state index >= 15 is 8.78 Å². The van der Waals surface area contributed by atoms with E-state index in [2.05, 4.69) is 30.2 Å². The quantitative estimate of drug-likeness (QED) is 0.126. The maximum Gasteiger partial charge on any atom is 0.405 e. The molecule has 4 N–H and O–H groups in total. The van der Waals surface area contributed by atoms with Crippen LogP contribution in [0.2, 0.25) is 0 Å². The van der Waals surface area contributed by atoms with E-state index < -0.39 is 29.8 Å². The Morgan fingerprint density at radius 1 is 0.830 bits per heavy atom. The number of rotatable bonds is 12. The minimum atomic E-state index is -1.26. The number of amides is 3. The first kappa shape index (κ1) is 37.6. The molecule has 2 aliphatic rings. The Kier molecular flexibility index (Phi) is 11.3. The van der Waals surface area contributed by atoms with E-state index in [1.165, 1.54) is 18.3 Å². The van der Waals surface area contributed by atoms with E-state index in [9.17, 15) is 19.5 Å². The molecule has 0 unspecified atom stereocenters. The van der Waals surface area contributed by atoms with Gasteiger partial charge in [0.15, 0.2) is 0 Å². The number of aromatic nitrogens is 4. The fourth-order valence-corrected chi connectivity index (χ4v) is 7.73. The van der Waals surface area contributed by atoms with E-state index in [1.54, 1.807) is 49.2 Å². The molecular weight excluding hydrogens is 682 g/mol. The van der Waals surface area contributed by atoms with Gasteiger partial charge in [0.1, 0.15) is 29.3 Å². The molecule has 6 rings (SSSR count). The fourth-order valence-electron chi connectivity index (χ4n) is 7.73. The van der Waals surface area contributed by atoms with Crippen LogP contribution in [-0.4, -0.2) is 95.9 Å². The van der Waals surface area contributed by atoms with Crippen LogP contribution in [0.4, 0.5) is 13.6 Å². The maximum atomic E-state index is 15.6. The normalized spacial score (nSPS) is 18.6. The second-order valence-electron chi connectivity index (χ2n) is 14.2. The lowest BCUT2D eigenvalue weighted by Crippen LogP contribution is -2.50. The number of H-pyrrole nitrogens is 2. The van der Waals surface area contributed by atoms with Gasteiger partial charge in [0.25, 0.3) is 0 Å². The number of nitrogens with zero attached hydrogens (tertiary/aromatic N) is 5. The summed E-state index contributed by atoms with van der Waals surface area (Å²) in [6.07, 6.45) is 4.84. The van der Waals surface area contributed by atoms with Gasteiger partial charge in [-0.2, -0.15) is 0 Å². The van der Waals surface area contributed by atoms with Gasteiger partial charge in [-0.05, 0) is 87.0 Å². The summed E-state index contributed by atoms with van der Waals surface area (Å²) >= 11 is 0. The Labute approximate surface area is 308 Å². The van der Waals surface area contributed by atoms with Gasteiger partial charge < -0.3 is 30.2 Å². The number of likely N-dealkylation sites (tertiary alicyclic amines) is 2. The second-order valence-corrected chi connectivity index (χ2v) is 14.2. The lowest BCUT2D eigenvalue weighted by atomic mass is 10.00. The number of imidazole rings is 2. The van der Waals surface area contributed by atoms with E-state index in [0.29, 0.717) is 59.2 Å². The van der Waals surface area contributed by atoms with E-state index in [4.69, 9.17) is 0 Å². The predicted octanol–water partition coefficient (Wildman–Crippen LogP) is 6.76. The molecule has 2 aromatic heterocycles. The van der Waals surface area contributed by atoms with Crippen LogP contribution in [0, 0.1) is 17.6 Å². The second kappa shape index (κ2) is 15.9. The average Bonchev–Trinajstić information content (AvgIpc) is 3.97. The zero-order chi connectivity index (χ0) is 38.0.